The molecule has 0 radical (unpaired) electrons. The molecule has 2 unspecified atom stereocenters. The number of carbonyl (C=O) groups excluding carboxylic acids is 3. The van der Waals surface area contributed by atoms with Crippen molar-refractivity contribution in [1.29, 1.82) is 0 Å². The summed E-state index contributed by atoms with van der Waals surface area (Å²) in [6.07, 6.45) is -4.12. The molecule has 2 heterocycles. The number of amides is 3. The first-order valence-electron chi connectivity index (χ1n) is 10.5. The highest BCUT2D eigenvalue weighted by atomic mass is 32.2. The van der Waals surface area contributed by atoms with E-state index >= 15 is 0 Å². The van der Waals surface area contributed by atoms with Gasteiger partial charge in [-0.25, -0.2) is 9.59 Å². The number of aromatic nitrogens is 1. The van der Waals surface area contributed by atoms with Gasteiger partial charge in [-0.3, -0.25) is 14.6 Å². The number of nitrogens with zero attached hydrogens (tertiary/aromatic N) is 3. The first-order chi connectivity index (χ1) is 17.2. The zero-order valence-corrected chi connectivity index (χ0v) is 19.5. The summed E-state index contributed by atoms with van der Waals surface area (Å²) in [6, 6.07) is 9.11. The minimum atomic E-state index is -5.47. The van der Waals surface area contributed by atoms with Crippen LogP contribution in [0.4, 0.5) is 36.8 Å². The van der Waals surface area contributed by atoms with Crippen molar-refractivity contribution in [1.82, 2.24) is 4.98 Å². The van der Waals surface area contributed by atoms with Crippen molar-refractivity contribution >= 4 is 46.3 Å². The van der Waals surface area contributed by atoms with Crippen molar-refractivity contribution in [3.8, 4) is 0 Å². The van der Waals surface area contributed by atoms with Crippen LogP contribution in [0.3, 0.4) is 0 Å². The number of imide groups is 1. The molecule has 194 valence electrons. The van der Waals surface area contributed by atoms with Crippen molar-refractivity contribution < 1.29 is 50.2 Å². The van der Waals surface area contributed by atoms with Gasteiger partial charge in [0.1, 0.15) is 0 Å². The van der Waals surface area contributed by atoms with Gasteiger partial charge in [0.15, 0.2) is 6.54 Å². The number of urea groups is 1. The van der Waals surface area contributed by atoms with E-state index in [0.717, 1.165) is 31.2 Å². The van der Waals surface area contributed by atoms with Gasteiger partial charge >= 0.3 is 29.6 Å². The Kier molecular flexibility index (Phi) is 6.67. The molecule has 3 amide bonds. The molecule has 0 saturated carbocycles. The average molecular weight is 544 g/mol. The Labute approximate surface area is 209 Å². The summed E-state index contributed by atoms with van der Waals surface area (Å²) in [5.74, 6) is -3.69. The molecule has 14 heteroatoms. The third kappa shape index (κ3) is 5.11. The van der Waals surface area contributed by atoms with Gasteiger partial charge in [-0.2, -0.15) is 31.2 Å². The Morgan fingerprint density at radius 1 is 1.03 bits per heavy atom. The number of pyridine rings is 1. The van der Waals surface area contributed by atoms with Crippen molar-refractivity contribution in [3.05, 3.63) is 66.4 Å². The molecule has 0 aliphatic carbocycles. The lowest BCUT2D eigenvalue weighted by Gasteiger charge is -2.30. The maximum atomic E-state index is 13.6. The second-order valence-electron chi connectivity index (χ2n) is 7.99. The summed E-state index contributed by atoms with van der Waals surface area (Å²) in [7, 11) is 0. The van der Waals surface area contributed by atoms with Gasteiger partial charge in [0.2, 0.25) is 6.04 Å². The molecular weight excluding hydrogens is 528 g/mol. The fraction of sp³-hybridized carbons (Fsp3) is 0.217. The van der Waals surface area contributed by atoms with Crippen LogP contribution in [0.25, 0.3) is 10.9 Å². The minimum absolute atomic E-state index is 0.198. The van der Waals surface area contributed by atoms with E-state index in [1.54, 1.807) is 24.3 Å². The summed E-state index contributed by atoms with van der Waals surface area (Å²) >= 11 is -0.425. The highest BCUT2D eigenvalue weighted by Crippen LogP contribution is 2.40. The van der Waals surface area contributed by atoms with E-state index in [1.807, 2.05) is 0 Å². The van der Waals surface area contributed by atoms with Crippen LogP contribution >= 0.6 is 11.8 Å². The average Bonchev–Trinajstić information content (AvgIpc) is 2.99. The lowest BCUT2D eigenvalue weighted by atomic mass is 10.1. The maximum Gasteiger partial charge on any atom is 0.497 e. The summed E-state index contributed by atoms with van der Waals surface area (Å²) in [4.78, 5) is 47.8. The largest absolute Gasteiger partial charge is 0.497 e. The zero-order chi connectivity index (χ0) is 27.2. The summed E-state index contributed by atoms with van der Waals surface area (Å²) in [5.41, 5.74) is -4.07. The number of alkyl halides is 6. The molecule has 3 aromatic rings. The number of halogens is 6. The molecule has 7 nitrogen and oxygen atoms in total. The van der Waals surface area contributed by atoms with E-state index in [0.29, 0.717) is 15.8 Å². The fourth-order valence-electron chi connectivity index (χ4n) is 3.93. The molecule has 1 saturated heterocycles. The van der Waals surface area contributed by atoms with Crippen LogP contribution in [0.15, 0.2) is 65.7 Å². The Morgan fingerprint density at radius 3 is 2.30 bits per heavy atom. The van der Waals surface area contributed by atoms with Crippen LogP contribution in [0.5, 0.6) is 0 Å². The lowest BCUT2D eigenvalue weighted by molar-refractivity contribution is -1.04. The Morgan fingerprint density at radius 2 is 1.68 bits per heavy atom. The SMILES string of the molecule is CC1C(=O)N(c2ccc(SC(F)(F)F)cc2)C(=O)[N+]1(Cc1ccnc2ccccc12)OC(=O)C(F)(F)F. The Balaban J connectivity index is 1.78. The normalized spacial score (nSPS) is 20.5. The van der Waals surface area contributed by atoms with Gasteiger partial charge in [-0.05, 0) is 52.8 Å². The highest BCUT2D eigenvalue weighted by Gasteiger charge is 2.65. The number of thioether (sulfide) groups is 1. The highest BCUT2D eigenvalue weighted by molar-refractivity contribution is 8.00. The summed E-state index contributed by atoms with van der Waals surface area (Å²) in [5, 5.41) is 0.449. The maximum absolute atomic E-state index is 13.6. The fourth-order valence-corrected chi connectivity index (χ4v) is 4.47. The second-order valence-corrected chi connectivity index (χ2v) is 9.13. The molecule has 1 aliphatic heterocycles. The number of quaternary nitrogens is 1. The summed E-state index contributed by atoms with van der Waals surface area (Å²) < 4.78 is 75.9. The quantitative estimate of drug-likeness (QED) is 0.177. The monoisotopic (exact) mass is 544 g/mol. The van der Waals surface area contributed by atoms with E-state index in [-0.39, 0.29) is 16.1 Å². The predicted molar refractivity (Wildman–Crippen MR) is 119 cm³/mol. The van der Waals surface area contributed by atoms with Crippen LogP contribution < -0.4 is 4.90 Å². The topological polar surface area (TPSA) is 76.6 Å². The van der Waals surface area contributed by atoms with Crippen LogP contribution in [0.1, 0.15) is 12.5 Å². The smallest absolute Gasteiger partial charge is 0.267 e. The molecule has 37 heavy (non-hydrogen) atoms. The Hall–Kier alpha value is -3.65. The standard InChI is InChI=1S/C23H16F6N3O4S/c1-13-19(33)31(15-6-8-16(9-7-15)37-23(27,28)29)21(35)32(13,36-20(34)22(24,25)26)12-14-10-11-30-18-5-3-2-4-17(14)18/h2-11,13H,12H2,1H3/q+1. The van der Waals surface area contributed by atoms with Crippen molar-refractivity contribution in [2.75, 3.05) is 4.90 Å². The third-order valence-electron chi connectivity index (χ3n) is 5.67. The molecule has 1 fully saturated rings. The van der Waals surface area contributed by atoms with Gasteiger partial charge in [-0.15, -0.1) is 0 Å². The second kappa shape index (κ2) is 9.34. The van der Waals surface area contributed by atoms with Crippen molar-refractivity contribution in [3.63, 3.8) is 0 Å². The van der Waals surface area contributed by atoms with Gasteiger partial charge < -0.3 is 0 Å². The number of rotatable bonds is 5. The predicted octanol–water partition coefficient (Wildman–Crippen LogP) is 5.74. The van der Waals surface area contributed by atoms with E-state index in [9.17, 15) is 40.7 Å². The molecule has 2 aromatic carbocycles. The van der Waals surface area contributed by atoms with Gasteiger partial charge in [0, 0.05) is 29.0 Å². The number of carbonyl (C=O) groups is 3. The number of benzene rings is 2. The molecule has 0 bridgehead atoms. The Bertz CT molecular complexity index is 1370. The van der Waals surface area contributed by atoms with E-state index in [2.05, 4.69) is 4.98 Å². The van der Waals surface area contributed by atoms with Crippen LogP contribution in [-0.4, -0.2) is 45.3 Å². The molecule has 1 aromatic heterocycles. The van der Waals surface area contributed by atoms with E-state index in [1.165, 1.54) is 12.3 Å². The molecule has 4 rings (SSSR count). The van der Waals surface area contributed by atoms with E-state index in [4.69, 9.17) is 4.84 Å². The zero-order valence-electron chi connectivity index (χ0n) is 18.7. The third-order valence-corrected chi connectivity index (χ3v) is 6.41. The molecule has 0 N–H and O–H groups in total. The van der Waals surface area contributed by atoms with Gasteiger partial charge in [0.25, 0.3) is 0 Å². The molecule has 0 spiro atoms. The van der Waals surface area contributed by atoms with Crippen molar-refractivity contribution in [2.24, 2.45) is 0 Å². The number of para-hydroxylation sites is 1. The van der Waals surface area contributed by atoms with Crippen LogP contribution in [0.2, 0.25) is 0 Å². The first kappa shape index (κ1) is 26.4. The minimum Gasteiger partial charge on any atom is -0.267 e. The number of hydrogen-bond acceptors (Lipinski definition) is 6. The van der Waals surface area contributed by atoms with Crippen LogP contribution in [0, 0.1) is 0 Å². The number of hydroxylamine groups is 3. The first-order valence-corrected chi connectivity index (χ1v) is 11.3. The molecular formula is C23H16F6N3O4S+. The van der Waals surface area contributed by atoms with Crippen molar-refractivity contribution in [2.45, 2.75) is 36.1 Å². The number of fused-ring (bicyclic) bond motifs is 1. The number of anilines is 1. The summed E-state index contributed by atoms with van der Waals surface area (Å²) in [6.45, 7) is 0.482. The number of hydrogen-bond donors (Lipinski definition) is 0. The van der Waals surface area contributed by atoms with Gasteiger partial charge in [0.05, 0.1) is 11.2 Å². The lowest BCUT2D eigenvalue weighted by Crippen LogP contribution is -2.57. The molecule has 1 aliphatic rings. The molecule has 2 atom stereocenters. The van der Waals surface area contributed by atoms with Crippen LogP contribution in [-0.2, 0) is 21.0 Å². The van der Waals surface area contributed by atoms with E-state index < -0.39 is 58.6 Å². The van der Waals surface area contributed by atoms with Gasteiger partial charge in [-0.1, -0.05) is 18.2 Å².